The summed E-state index contributed by atoms with van der Waals surface area (Å²) >= 11 is 0. The van der Waals surface area contributed by atoms with Crippen LogP contribution in [0.25, 0.3) is 33.0 Å². The van der Waals surface area contributed by atoms with Crippen LogP contribution in [0.1, 0.15) is 22.3 Å². The van der Waals surface area contributed by atoms with Crippen LogP contribution in [0.4, 0.5) is 34.1 Å². The summed E-state index contributed by atoms with van der Waals surface area (Å²) in [4.78, 5) is 6.38. The van der Waals surface area contributed by atoms with Crippen LogP contribution in [0.5, 0.6) is 0 Å². The van der Waals surface area contributed by atoms with E-state index in [1.807, 2.05) is 18.2 Å². The zero-order chi connectivity index (χ0) is 37.7. The van der Waals surface area contributed by atoms with Crippen LogP contribution >= 0.6 is 0 Å². The van der Waals surface area contributed by atoms with Crippen LogP contribution in [0.2, 0.25) is 0 Å². The molecule has 0 saturated carbocycles. The van der Waals surface area contributed by atoms with Crippen LogP contribution in [0.3, 0.4) is 0 Å². The summed E-state index contributed by atoms with van der Waals surface area (Å²) in [6.45, 7) is 0. The van der Waals surface area contributed by atoms with E-state index in [0.29, 0.717) is 0 Å². The van der Waals surface area contributed by atoms with E-state index in [2.05, 4.69) is 198 Å². The molecule has 1 spiro atoms. The first-order valence-electron chi connectivity index (χ1n) is 19.4. The van der Waals surface area contributed by atoms with Crippen molar-refractivity contribution in [3.63, 3.8) is 0 Å². The average Bonchev–Trinajstić information content (AvgIpc) is 3.57. The summed E-state index contributed by atoms with van der Waals surface area (Å²) in [5.74, 6) is 0. The number of hydrogen-bond donors (Lipinski definition) is 0. The zero-order valence-corrected chi connectivity index (χ0v) is 31.7. The first-order chi connectivity index (χ1) is 28.2. The second-order valence-corrected chi connectivity index (χ2v) is 16.4. The molecule has 2 heterocycles. The summed E-state index contributed by atoms with van der Waals surface area (Å²) < 4.78 is 15.3. The average molecular weight is 747 g/mol. The van der Waals surface area contributed by atoms with Gasteiger partial charge in [-0.25, -0.2) is 4.21 Å². The van der Waals surface area contributed by atoms with E-state index < -0.39 is 16.2 Å². The van der Waals surface area contributed by atoms with Crippen LogP contribution < -0.4 is 9.80 Å². The van der Waals surface area contributed by atoms with Gasteiger partial charge < -0.3 is 9.80 Å². The lowest BCUT2D eigenvalue weighted by atomic mass is 9.64. The Kier molecular flexibility index (Phi) is 6.93. The first-order valence-corrected chi connectivity index (χ1v) is 20.6. The van der Waals surface area contributed by atoms with Crippen molar-refractivity contribution in [2.45, 2.75) is 15.2 Å². The molecular weight excluding hydrogens is 713 g/mol. The van der Waals surface area contributed by atoms with Crippen LogP contribution in [-0.4, -0.2) is 4.21 Å². The van der Waals surface area contributed by atoms with Gasteiger partial charge in [0.15, 0.2) is 0 Å². The largest absolute Gasteiger partial charge is 0.310 e. The highest BCUT2D eigenvalue weighted by Crippen LogP contribution is 2.65. The Bertz CT molecular complexity index is 3070. The molecule has 12 rings (SSSR count). The summed E-state index contributed by atoms with van der Waals surface area (Å²) in [6.07, 6.45) is 0. The molecule has 0 aromatic heterocycles. The van der Waals surface area contributed by atoms with E-state index in [1.165, 1.54) is 33.0 Å². The molecule has 1 atom stereocenters. The lowest BCUT2D eigenvalue weighted by molar-refractivity contribution is 0.682. The topological polar surface area (TPSA) is 23.6 Å². The quantitative estimate of drug-likeness (QED) is 0.180. The van der Waals surface area contributed by atoms with Gasteiger partial charge in [0.05, 0.1) is 48.8 Å². The van der Waals surface area contributed by atoms with Crippen molar-refractivity contribution in [2.75, 3.05) is 9.80 Å². The second kappa shape index (κ2) is 12.2. The Hall–Kier alpha value is -7.01. The molecule has 268 valence electrons. The molecule has 9 aromatic rings. The fraction of sp³-hybridized carbons (Fsp3) is 0.0189. The van der Waals surface area contributed by atoms with Crippen molar-refractivity contribution in [3.8, 4) is 22.3 Å². The second-order valence-electron chi connectivity index (χ2n) is 15.0. The molecule has 2 aliphatic heterocycles. The molecule has 1 unspecified atom stereocenters. The SMILES string of the molecule is O=S1c2ccccc2N(c2ccc(-c3ccc4ccccc4c3)cc2)c2ccc3c(c21)-c1ccccc1C31c2ccccc2N(c2ccccc2)c2ccccc21. The van der Waals surface area contributed by atoms with Crippen LogP contribution in [-0.2, 0) is 16.2 Å². The van der Waals surface area contributed by atoms with Gasteiger partial charge in [-0.1, -0.05) is 146 Å². The maximum atomic E-state index is 15.3. The predicted octanol–water partition coefficient (Wildman–Crippen LogP) is 13.6. The van der Waals surface area contributed by atoms with E-state index in [-0.39, 0.29) is 0 Å². The Labute approximate surface area is 334 Å². The lowest BCUT2D eigenvalue weighted by Gasteiger charge is -2.45. The van der Waals surface area contributed by atoms with Gasteiger partial charge in [-0.15, -0.1) is 0 Å². The maximum absolute atomic E-state index is 15.3. The normalized spacial score (nSPS) is 15.3. The van der Waals surface area contributed by atoms with E-state index >= 15 is 4.21 Å². The number of para-hydroxylation sites is 4. The molecule has 4 heteroatoms. The number of rotatable bonds is 3. The Morgan fingerprint density at radius 1 is 0.386 bits per heavy atom. The highest BCUT2D eigenvalue weighted by atomic mass is 32.2. The minimum absolute atomic E-state index is 0.632. The fourth-order valence-electron chi connectivity index (χ4n) is 9.86. The smallest absolute Gasteiger partial charge is 0.0898 e. The fourth-order valence-corrected chi connectivity index (χ4v) is 11.4. The Morgan fingerprint density at radius 2 is 0.947 bits per heavy atom. The van der Waals surface area contributed by atoms with Gasteiger partial charge in [0.25, 0.3) is 0 Å². The van der Waals surface area contributed by atoms with Gasteiger partial charge in [0.1, 0.15) is 0 Å². The lowest BCUT2D eigenvalue weighted by Crippen LogP contribution is -2.36. The molecule has 0 bridgehead atoms. The van der Waals surface area contributed by atoms with E-state index in [9.17, 15) is 0 Å². The van der Waals surface area contributed by atoms with Gasteiger partial charge >= 0.3 is 0 Å². The third kappa shape index (κ3) is 4.45. The Morgan fingerprint density at radius 3 is 1.70 bits per heavy atom. The van der Waals surface area contributed by atoms with Gasteiger partial charge in [-0.05, 0) is 110 Å². The standard InChI is InChI=1S/C53H34N2OS/c56-57-50-25-13-12-24-48(50)55(40-30-28-36(29-31-40)38-27-26-35-14-4-5-15-37(35)34-38)49-33-32-45-51(52(49)57)41-18-6-7-19-42(41)53(45)43-20-8-10-22-46(43)54(39-16-2-1-3-17-39)47-23-11-9-21-44(47)53/h1-34H. The summed E-state index contributed by atoms with van der Waals surface area (Å²) in [5.41, 5.74) is 15.0. The van der Waals surface area contributed by atoms with Crippen molar-refractivity contribution >= 4 is 55.7 Å². The number of nitrogens with zero attached hydrogens (tertiary/aromatic N) is 2. The van der Waals surface area contributed by atoms with Crippen molar-refractivity contribution < 1.29 is 4.21 Å². The minimum Gasteiger partial charge on any atom is -0.310 e. The monoisotopic (exact) mass is 746 g/mol. The highest BCUT2D eigenvalue weighted by molar-refractivity contribution is 7.85. The van der Waals surface area contributed by atoms with Gasteiger partial charge in [0.2, 0.25) is 0 Å². The molecule has 57 heavy (non-hydrogen) atoms. The predicted molar refractivity (Wildman–Crippen MR) is 234 cm³/mol. The van der Waals surface area contributed by atoms with Crippen molar-refractivity contribution in [3.05, 3.63) is 229 Å². The van der Waals surface area contributed by atoms with Gasteiger partial charge in [-0.3, -0.25) is 0 Å². The third-order valence-corrected chi connectivity index (χ3v) is 13.7. The molecule has 0 saturated heterocycles. The number of benzene rings is 9. The Balaban J connectivity index is 1.09. The summed E-state index contributed by atoms with van der Waals surface area (Å²) in [5, 5.41) is 2.46. The highest BCUT2D eigenvalue weighted by Gasteiger charge is 2.53. The summed E-state index contributed by atoms with van der Waals surface area (Å²) in [7, 11) is -1.45. The molecule has 3 nitrogen and oxygen atoms in total. The number of hydrogen-bond acceptors (Lipinski definition) is 3. The van der Waals surface area contributed by atoms with Gasteiger partial charge in [-0.2, -0.15) is 0 Å². The molecule has 9 aromatic carbocycles. The molecule has 0 N–H and O–H groups in total. The van der Waals surface area contributed by atoms with Crippen LogP contribution in [0, 0.1) is 0 Å². The van der Waals surface area contributed by atoms with Gasteiger partial charge in [0, 0.05) is 16.9 Å². The zero-order valence-electron chi connectivity index (χ0n) is 30.8. The van der Waals surface area contributed by atoms with E-state index in [1.54, 1.807) is 0 Å². The number of anilines is 6. The maximum Gasteiger partial charge on any atom is 0.0898 e. The van der Waals surface area contributed by atoms with Crippen molar-refractivity contribution in [1.82, 2.24) is 0 Å². The summed E-state index contributed by atoms with van der Waals surface area (Å²) in [6, 6.07) is 73.8. The first kappa shape index (κ1) is 32.3. The van der Waals surface area contributed by atoms with Crippen molar-refractivity contribution in [1.29, 1.82) is 0 Å². The number of fused-ring (bicyclic) bond motifs is 13. The molecule has 0 radical (unpaired) electrons. The van der Waals surface area contributed by atoms with E-state index in [4.69, 9.17) is 0 Å². The molecule has 1 aliphatic carbocycles. The minimum atomic E-state index is -1.45. The van der Waals surface area contributed by atoms with Crippen LogP contribution in [0.15, 0.2) is 216 Å². The molecular formula is C53H34N2OS. The van der Waals surface area contributed by atoms with Crippen molar-refractivity contribution in [2.24, 2.45) is 0 Å². The molecule has 3 aliphatic rings. The third-order valence-electron chi connectivity index (χ3n) is 12.2. The van der Waals surface area contributed by atoms with E-state index in [0.717, 1.165) is 66.2 Å². The molecule has 0 amide bonds. The molecule has 0 fully saturated rings.